The molecule has 25 heavy (non-hydrogen) atoms. The first-order valence-electron chi connectivity index (χ1n) is 7.96. The van der Waals surface area contributed by atoms with Gasteiger partial charge >= 0.3 is 32.9 Å². The first kappa shape index (κ1) is 18.1. The summed E-state index contributed by atoms with van der Waals surface area (Å²) in [6.45, 7) is 1.90. The van der Waals surface area contributed by atoms with Gasteiger partial charge < -0.3 is 13.9 Å². The molecule has 0 saturated heterocycles. The van der Waals surface area contributed by atoms with Crippen molar-refractivity contribution in [2.45, 2.75) is 25.0 Å². The summed E-state index contributed by atoms with van der Waals surface area (Å²) in [5.74, 6) is -0.378. The van der Waals surface area contributed by atoms with Crippen molar-refractivity contribution in [1.82, 2.24) is 0 Å². The molecule has 1 aliphatic rings. The molecule has 0 N–H and O–H groups in total. The van der Waals surface area contributed by atoms with Crippen molar-refractivity contribution in [3.8, 4) is 5.75 Å². The third-order valence-electron chi connectivity index (χ3n) is 4.67. The van der Waals surface area contributed by atoms with E-state index in [0.717, 1.165) is 10.9 Å². The Hall–Kier alpha value is -1.67. The van der Waals surface area contributed by atoms with Crippen LogP contribution in [0.4, 0.5) is 0 Å². The zero-order valence-corrected chi connectivity index (χ0v) is 19.8. The summed E-state index contributed by atoms with van der Waals surface area (Å²) < 4.78 is 17.3. The fraction of sp³-hybridized carbons (Fsp3) is 0.250. The zero-order valence-electron chi connectivity index (χ0n) is 14.3. The molecule has 2 heterocycles. The van der Waals surface area contributed by atoms with Crippen molar-refractivity contribution in [3.63, 3.8) is 0 Å². The van der Waals surface area contributed by atoms with E-state index in [1.54, 1.807) is 13.2 Å². The molecule has 128 valence electrons. The average molecular weight is 532 g/mol. The van der Waals surface area contributed by atoms with Gasteiger partial charge in [0.2, 0.25) is 5.79 Å². The van der Waals surface area contributed by atoms with Gasteiger partial charge in [0.25, 0.3) is 0 Å². The van der Waals surface area contributed by atoms with Crippen LogP contribution in [0.3, 0.4) is 0 Å². The third-order valence-corrected chi connectivity index (χ3v) is 4.67. The fourth-order valence-electron chi connectivity index (χ4n) is 3.37. The quantitative estimate of drug-likeness (QED) is 0.377. The molecule has 5 heteroatoms. The summed E-state index contributed by atoms with van der Waals surface area (Å²) >= 11 is 0. The molecule has 0 amide bonds. The summed E-state index contributed by atoms with van der Waals surface area (Å²) in [6, 6.07) is 17.4. The summed E-state index contributed by atoms with van der Waals surface area (Å²) in [6.07, 6.45) is 0.545. The second kappa shape index (κ2) is 6.92. The Morgan fingerprint density at radius 1 is 1.08 bits per heavy atom. The molecule has 0 saturated carbocycles. The Balaban J connectivity index is 0.00000182. The fourth-order valence-corrected chi connectivity index (χ4v) is 3.37. The van der Waals surface area contributed by atoms with E-state index in [1.165, 1.54) is 0 Å². The Kier molecular flexibility index (Phi) is 5.02. The number of ether oxygens (including phenoxy) is 2. The van der Waals surface area contributed by atoms with Crippen molar-refractivity contribution in [3.05, 3.63) is 76.1 Å². The standard InChI is InChI=1S/C20H18O4.Pb.2H/c1-20(22-2)12-15(13-8-4-3-5-9-13)17-18(24-20)14-10-6-7-11-16(14)23-19(17)21;;;/h3-11,15H,12H2,1-2H3;;;. The van der Waals surface area contributed by atoms with Crippen LogP contribution in [0.5, 0.6) is 5.75 Å². The number of para-hydroxylation sites is 1. The van der Waals surface area contributed by atoms with Crippen LogP contribution in [0.15, 0.2) is 63.8 Å². The van der Waals surface area contributed by atoms with Gasteiger partial charge in [-0.05, 0) is 17.7 Å². The first-order valence-corrected chi connectivity index (χ1v) is 7.96. The molecule has 1 aliphatic heterocycles. The molecule has 2 radical (unpaired) electrons. The van der Waals surface area contributed by atoms with Gasteiger partial charge in [-0.1, -0.05) is 42.5 Å². The Morgan fingerprint density at radius 2 is 1.76 bits per heavy atom. The predicted octanol–water partition coefficient (Wildman–Crippen LogP) is 3.15. The number of hydrogen-bond acceptors (Lipinski definition) is 4. The molecule has 3 aromatic rings. The van der Waals surface area contributed by atoms with Crippen molar-refractivity contribution in [2.24, 2.45) is 0 Å². The molecule has 4 nitrogen and oxygen atoms in total. The van der Waals surface area contributed by atoms with Crippen LogP contribution in [0.25, 0.3) is 11.0 Å². The SMILES string of the molecule is COC1(C)CC(c2ccccc2)c2c(c3ccccc3oc2=O)O1.[PbH2]. The van der Waals surface area contributed by atoms with Gasteiger partial charge in [0, 0.05) is 26.4 Å². The van der Waals surface area contributed by atoms with Gasteiger partial charge in [0.15, 0.2) is 0 Å². The monoisotopic (exact) mass is 532 g/mol. The Morgan fingerprint density at radius 3 is 2.48 bits per heavy atom. The molecule has 4 rings (SSSR count). The van der Waals surface area contributed by atoms with E-state index >= 15 is 0 Å². The zero-order chi connectivity index (χ0) is 16.7. The normalized spacial score (nSPS) is 21.9. The average Bonchev–Trinajstić information content (AvgIpc) is 2.62. The van der Waals surface area contributed by atoms with E-state index in [1.807, 2.05) is 55.5 Å². The third kappa shape index (κ3) is 3.13. The van der Waals surface area contributed by atoms with Crippen LogP contribution < -0.4 is 10.4 Å². The van der Waals surface area contributed by atoms with Gasteiger partial charge in [-0.3, -0.25) is 0 Å². The minimum absolute atomic E-state index is 0. The van der Waals surface area contributed by atoms with Crippen LogP contribution in [-0.2, 0) is 4.74 Å². The topological polar surface area (TPSA) is 48.7 Å². The number of fused-ring (bicyclic) bond motifs is 3. The molecule has 0 fully saturated rings. The van der Waals surface area contributed by atoms with E-state index in [-0.39, 0.29) is 38.8 Å². The molecule has 1 aromatic heterocycles. The number of rotatable bonds is 2. The Bertz CT molecular complexity index is 951. The summed E-state index contributed by atoms with van der Waals surface area (Å²) in [5, 5.41) is 0.788. The van der Waals surface area contributed by atoms with E-state index in [4.69, 9.17) is 13.9 Å². The van der Waals surface area contributed by atoms with Gasteiger partial charge in [0.1, 0.15) is 11.3 Å². The van der Waals surface area contributed by atoms with Gasteiger partial charge in [-0.15, -0.1) is 0 Å². The van der Waals surface area contributed by atoms with E-state index < -0.39 is 5.79 Å². The number of hydrogen-bond donors (Lipinski definition) is 0. The number of benzene rings is 2. The second-order valence-corrected chi connectivity index (χ2v) is 6.24. The molecular formula is C20H20O4Pb. The molecular weight excluding hydrogens is 511 g/mol. The van der Waals surface area contributed by atoms with Crippen LogP contribution in [-0.4, -0.2) is 40.2 Å². The summed E-state index contributed by atoms with van der Waals surface area (Å²) in [5.41, 5.74) is 1.78. The summed E-state index contributed by atoms with van der Waals surface area (Å²) in [4.78, 5) is 12.7. The van der Waals surface area contributed by atoms with Gasteiger partial charge in [0.05, 0.1) is 10.9 Å². The van der Waals surface area contributed by atoms with Crippen LogP contribution in [0, 0.1) is 0 Å². The van der Waals surface area contributed by atoms with Crippen LogP contribution in [0.1, 0.15) is 30.4 Å². The molecule has 0 aliphatic carbocycles. The predicted molar refractivity (Wildman–Crippen MR) is 100.0 cm³/mol. The van der Waals surface area contributed by atoms with Crippen LogP contribution in [0.2, 0.25) is 0 Å². The van der Waals surface area contributed by atoms with E-state index in [9.17, 15) is 4.79 Å². The van der Waals surface area contributed by atoms with Crippen LogP contribution >= 0.6 is 0 Å². The molecule has 2 atom stereocenters. The van der Waals surface area contributed by atoms with Gasteiger partial charge in [-0.2, -0.15) is 0 Å². The van der Waals surface area contributed by atoms with Crippen molar-refractivity contribution >= 4 is 38.3 Å². The van der Waals surface area contributed by atoms with E-state index in [2.05, 4.69) is 0 Å². The second-order valence-electron chi connectivity index (χ2n) is 6.24. The van der Waals surface area contributed by atoms with Crippen molar-refractivity contribution in [2.75, 3.05) is 7.11 Å². The Labute approximate surface area is 165 Å². The minimum atomic E-state index is -0.802. The van der Waals surface area contributed by atoms with E-state index in [0.29, 0.717) is 23.3 Å². The number of methoxy groups -OCH3 is 1. The molecule has 0 bridgehead atoms. The maximum absolute atomic E-state index is 12.7. The molecule has 2 aromatic carbocycles. The first-order chi connectivity index (χ1) is 11.6. The van der Waals surface area contributed by atoms with Crippen molar-refractivity contribution < 1.29 is 13.9 Å². The summed E-state index contributed by atoms with van der Waals surface area (Å²) in [7, 11) is 1.63. The van der Waals surface area contributed by atoms with Crippen molar-refractivity contribution in [1.29, 1.82) is 0 Å². The van der Waals surface area contributed by atoms with Gasteiger partial charge in [-0.25, -0.2) is 4.79 Å². The molecule has 0 spiro atoms. The maximum atomic E-state index is 12.7. The molecule has 2 unspecified atom stereocenters.